The zero-order chi connectivity index (χ0) is 16.9. The van der Waals surface area contributed by atoms with Crippen molar-refractivity contribution in [1.82, 2.24) is 10.2 Å². The van der Waals surface area contributed by atoms with E-state index < -0.39 is 0 Å². The summed E-state index contributed by atoms with van der Waals surface area (Å²) >= 11 is 0. The highest BCUT2D eigenvalue weighted by molar-refractivity contribution is 5.74. The third-order valence-electron chi connectivity index (χ3n) is 4.97. The number of aryl methyl sites for hydroxylation is 1. The summed E-state index contributed by atoms with van der Waals surface area (Å²) in [4.78, 5) is 14.3. The Hall–Kier alpha value is -1.59. The van der Waals surface area contributed by atoms with Gasteiger partial charge in [0.2, 0.25) is 0 Å². The Morgan fingerprint density at radius 3 is 2.71 bits per heavy atom. The molecule has 0 saturated carbocycles. The number of nitrogens with zero attached hydrogens (tertiary/aromatic N) is 1. The van der Waals surface area contributed by atoms with Gasteiger partial charge in [-0.1, -0.05) is 36.8 Å². The van der Waals surface area contributed by atoms with Crippen LogP contribution in [0, 0.1) is 6.92 Å². The van der Waals surface area contributed by atoms with Crippen molar-refractivity contribution >= 4 is 6.03 Å². The summed E-state index contributed by atoms with van der Waals surface area (Å²) in [5, 5.41) is 3.07. The molecular weight excluding hydrogens is 304 g/mol. The van der Waals surface area contributed by atoms with Gasteiger partial charge in [0.05, 0.1) is 19.3 Å². The smallest absolute Gasteiger partial charge is 0.317 e. The molecule has 2 heterocycles. The standard InChI is InChI=1S/C19H28N2O3/c1-14-5-7-16(8-6-14)15(2)12-20-19(22)21-9-11-24-18(13-21)17-4-3-10-23-17/h5-8,15,17-18H,3-4,9-13H2,1-2H3,(H,20,22)/t15-,17+,18-/m1/s1. The van der Waals surface area contributed by atoms with Crippen molar-refractivity contribution < 1.29 is 14.3 Å². The fourth-order valence-corrected chi connectivity index (χ4v) is 3.35. The number of rotatable bonds is 4. The summed E-state index contributed by atoms with van der Waals surface area (Å²) in [5.41, 5.74) is 2.50. The van der Waals surface area contributed by atoms with Crippen LogP contribution < -0.4 is 5.32 Å². The molecule has 132 valence electrons. The lowest BCUT2D eigenvalue weighted by molar-refractivity contribution is -0.0848. The largest absolute Gasteiger partial charge is 0.375 e. The van der Waals surface area contributed by atoms with Crippen LogP contribution in [0.4, 0.5) is 4.79 Å². The average molecular weight is 332 g/mol. The maximum absolute atomic E-state index is 12.5. The first kappa shape index (κ1) is 17.2. The van der Waals surface area contributed by atoms with Crippen molar-refractivity contribution in [2.45, 2.75) is 44.8 Å². The quantitative estimate of drug-likeness (QED) is 0.922. The van der Waals surface area contributed by atoms with E-state index in [1.54, 1.807) is 0 Å². The van der Waals surface area contributed by atoms with E-state index in [1.165, 1.54) is 11.1 Å². The first-order chi connectivity index (χ1) is 11.6. The lowest BCUT2D eigenvalue weighted by Gasteiger charge is -2.35. The molecule has 1 aromatic rings. The second-order valence-corrected chi connectivity index (χ2v) is 6.90. The summed E-state index contributed by atoms with van der Waals surface area (Å²) in [6.45, 7) is 7.53. The van der Waals surface area contributed by atoms with Gasteiger partial charge in [0.25, 0.3) is 0 Å². The first-order valence-electron chi connectivity index (χ1n) is 8.96. The molecule has 0 spiro atoms. The molecule has 0 aliphatic carbocycles. The zero-order valence-electron chi connectivity index (χ0n) is 14.7. The van der Waals surface area contributed by atoms with Crippen LogP contribution in [0.3, 0.4) is 0 Å². The Labute approximate surface area is 144 Å². The molecule has 2 aliphatic rings. The van der Waals surface area contributed by atoms with Gasteiger partial charge in [0.1, 0.15) is 6.10 Å². The minimum atomic E-state index is 0.000239. The number of hydrogen-bond acceptors (Lipinski definition) is 3. The number of carbonyl (C=O) groups excluding carboxylic acids is 1. The van der Waals surface area contributed by atoms with Gasteiger partial charge in [0.15, 0.2) is 0 Å². The predicted octanol–water partition coefficient (Wildman–Crippen LogP) is 2.69. The number of benzene rings is 1. The Morgan fingerprint density at radius 1 is 1.25 bits per heavy atom. The fourth-order valence-electron chi connectivity index (χ4n) is 3.35. The van der Waals surface area contributed by atoms with Crippen LogP contribution in [-0.2, 0) is 9.47 Å². The molecule has 3 atom stereocenters. The molecule has 5 heteroatoms. The predicted molar refractivity (Wildman–Crippen MR) is 93.3 cm³/mol. The van der Waals surface area contributed by atoms with Gasteiger partial charge in [-0.15, -0.1) is 0 Å². The molecule has 2 fully saturated rings. The van der Waals surface area contributed by atoms with Crippen LogP contribution in [0.25, 0.3) is 0 Å². The van der Waals surface area contributed by atoms with Crippen molar-refractivity contribution in [2.24, 2.45) is 0 Å². The molecular formula is C19H28N2O3. The summed E-state index contributed by atoms with van der Waals surface area (Å²) in [7, 11) is 0. The molecule has 5 nitrogen and oxygen atoms in total. The van der Waals surface area contributed by atoms with E-state index in [-0.39, 0.29) is 18.2 Å². The van der Waals surface area contributed by atoms with Gasteiger partial charge in [-0.05, 0) is 31.2 Å². The lowest BCUT2D eigenvalue weighted by atomic mass is 10.0. The molecule has 2 amide bonds. The van der Waals surface area contributed by atoms with Crippen molar-refractivity contribution in [1.29, 1.82) is 0 Å². The van der Waals surface area contributed by atoms with E-state index in [1.807, 2.05) is 4.90 Å². The van der Waals surface area contributed by atoms with Gasteiger partial charge >= 0.3 is 6.03 Å². The zero-order valence-corrected chi connectivity index (χ0v) is 14.7. The second-order valence-electron chi connectivity index (χ2n) is 6.90. The molecule has 2 saturated heterocycles. The van der Waals surface area contributed by atoms with Gasteiger partial charge in [-0.25, -0.2) is 4.79 Å². The summed E-state index contributed by atoms with van der Waals surface area (Å²) < 4.78 is 11.5. The Kier molecular flexibility index (Phi) is 5.74. The van der Waals surface area contributed by atoms with E-state index in [0.29, 0.717) is 32.2 Å². The number of urea groups is 1. The summed E-state index contributed by atoms with van der Waals surface area (Å²) in [5.74, 6) is 0.296. The minimum absolute atomic E-state index is 0.000239. The van der Waals surface area contributed by atoms with E-state index in [9.17, 15) is 4.79 Å². The van der Waals surface area contributed by atoms with Crippen molar-refractivity contribution in [3.05, 3.63) is 35.4 Å². The number of carbonyl (C=O) groups is 1. The van der Waals surface area contributed by atoms with E-state index >= 15 is 0 Å². The van der Waals surface area contributed by atoms with E-state index in [4.69, 9.17) is 9.47 Å². The Bertz CT molecular complexity index is 540. The van der Waals surface area contributed by atoms with Gasteiger partial charge < -0.3 is 19.7 Å². The van der Waals surface area contributed by atoms with Crippen LogP contribution in [0.5, 0.6) is 0 Å². The highest BCUT2D eigenvalue weighted by Crippen LogP contribution is 2.21. The molecule has 0 unspecified atom stereocenters. The highest BCUT2D eigenvalue weighted by Gasteiger charge is 2.32. The first-order valence-corrected chi connectivity index (χ1v) is 8.96. The van der Waals surface area contributed by atoms with Crippen LogP contribution in [0.2, 0.25) is 0 Å². The number of nitrogens with one attached hydrogen (secondary N) is 1. The van der Waals surface area contributed by atoms with E-state index in [0.717, 1.165) is 19.4 Å². The van der Waals surface area contributed by atoms with Crippen molar-refractivity contribution in [3.8, 4) is 0 Å². The molecule has 1 aromatic carbocycles. The summed E-state index contributed by atoms with van der Waals surface area (Å²) in [6, 6.07) is 8.49. The molecule has 2 aliphatic heterocycles. The van der Waals surface area contributed by atoms with Crippen molar-refractivity contribution in [3.63, 3.8) is 0 Å². The van der Waals surface area contributed by atoms with Gasteiger partial charge in [-0.2, -0.15) is 0 Å². The van der Waals surface area contributed by atoms with Gasteiger partial charge in [0, 0.05) is 19.7 Å². The second kappa shape index (κ2) is 7.99. The third kappa shape index (κ3) is 4.28. The maximum atomic E-state index is 12.5. The fraction of sp³-hybridized carbons (Fsp3) is 0.632. The number of hydrogen-bond donors (Lipinski definition) is 1. The normalized spacial score (nSPS) is 25.5. The summed E-state index contributed by atoms with van der Waals surface area (Å²) in [6.07, 6.45) is 2.28. The van der Waals surface area contributed by atoms with Crippen LogP contribution in [-0.4, -0.2) is 56.0 Å². The average Bonchev–Trinajstić information content (AvgIpc) is 3.15. The van der Waals surface area contributed by atoms with Crippen LogP contribution in [0.1, 0.15) is 36.8 Å². The van der Waals surface area contributed by atoms with E-state index in [2.05, 4.69) is 43.4 Å². The van der Waals surface area contributed by atoms with Crippen molar-refractivity contribution in [2.75, 3.05) is 32.8 Å². The van der Waals surface area contributed by atoms with Crippen LogP contribution in [0.15, 0.2) is 24.3 Å². The molecule has 1 N–H and O–H groups in total. The monoisotopic (exact) mass is 332 g/mol. The Balaban J connectivity index is 1.48. The maximum Gasteiger partial charge on any atom is 0.317 e. The molecule has 0 bridgehead atoms. The lowest BCUT2D eigenvalue weighted by Crippen LogP contribution is -2.53. The Morgan fingerprint density at radius 2 is 2.00 bits per heavy atom. The van der Waals surface area contributed by atoms with Gasteiger partial charge in [-0.3, -0.25) is 0 Å². The number of amides is 2. The SMILES string of the molecule is Cc1ccc([C@H](C)CNC(=O)N2CCO[C@@H]([C@@H]3CCCO3)C2)cc1. The third-order valence-corrected chi connectivity index (χ3v) is 4.97. The molecule has 3 rings (SSSR count). The minimum Gasteiger partial charge on any atom is -0.375 e. The highest BCUT2D eigenvalue weighted by atomic mass is 16.5. The number of ether oxygens (including phenoxy) is 2. The number of morpholine rings is 1. The topological polar surface area (TPSA) is 50.8 Å². The molecule has 0 aromatic heterocycles. The molecule has 24 heavy (non-hydrogen) atoms. The molecule has 0 radical (unpaired) electrons. The van der Waals surface area contributed by atoms with Crippen LogP contribution >= 0.6 is 0 Å².